The van der Waals surface area contributed by atoms with E-state index in [1.165, 1.54) is 6.42 Å². The van der Waals surface area contributed by atoms with E-state index in [2.05, 4.69) is 15.9 Å². The van der Waals surface area contributed by atoms with E-state index in [-0.39, 0.29) is 5.92 Å². The lowest BCUT2D eigenvalue weighted by atomic mass is 9.71. The lowest BCUT2D eigenvalue weighted by Gasteiger charge is -2.45. The van der Waals surface area contributed by atoms with E-state index in [1.54, 1.807) is 7.11 Å². The number of halogens is 1. The third kappa shape index (κ3) is 4.25. The van der Waals surface area contributed by atoms with Gasteiger partial charge in [-0.1, -0.05) is 54.8 Å². The van der Waals surface area contributed by atoms with Gasteiger partial charge in [0.15, 0.2) is 0 Å². The maximum atomic E-state index is 11.8. The van der Waals surface area contributed by atoms with Crippen LogP contribution in [0.3, 0.4) is 0 Å². The Balaban J connectivity index is 1.45. The minimum atomic E-state index is -0.815. The van der Waals surface area contributed by atoms with Crippen molar-refractivity contribution in [2.75, 3.05) is 44.7 Å². The number of rotatable bonds is 5. The number of nitrogens with zero attached hydrogens (tertiary/aromatic N) is 2. The van der Waals surface area contributed by atoms with Gasteiger partial charge in [-0.25, -0.2) is 0 Å². The molecule has 2 fully saturated rings. The van der Waals surface area contributed by atoms with Crippen molar-refractivity contribution in [1.82, 2.24) is 4.90 Å². The van der Waals surface area contributed by atoms with Crippen molar-refractivity contribution in [3.8, 4) is 5.75 Å². The summed E-state index contributed by atoms with van der Waals surface area (Å²) in [5.41, 5.74) is 1.25. The van der Waals surface area contributed by atoms with Crippen molar-refractivity contribution in [1.29, 1.82) is 0 Å². The molecule has 1 saturated heterocycles. The van der Waals surface area contributed by atoms with Gasteiger partial charge in [-0.05, 0) is 31.0 Å². The van der Waals surface area contributed by atoms with Crippen LogP contribution in [0.5, 0.6) is 5.75 Å². The Morgan fingerprint density at radius 1 is 1.03 bits per heavy atom. The highest BCUT2D eigenvalue weighted by Crippen LogP contribution is 2.45. The first kappa shape index (κ1) is 20.5. The molecule has 1 saturated carbocycles. The minimum Gasteiger partial charge on any atom is -0.496 e. The Bertz CT molecular complexity index is 822. The summed E-state index contributed by atoms with van der Waals surface area (Å²) in [7, 11) is 1.69. The molecular formula is C24H31ClN2O2. The second kappa shape index (κ2) is 8.95. The molecule has 2 atom stereocenters. The summed E-state index contributed by atoms with van der Waals surface area (Å²) < 4.78 is 5.58. The summed E-state index contributed by atoms with van der Waals surface area (Å²) in [4.78, 5) is 4.87. The monoisotopic (exact) mass is 414 g/mol. The van der Waals surface area contributed by atoms with E-state index in [1.807, 2.05) is 42.5 Å². The van der Waals surface area contributed by atoms with Gasteiger partial charge in [-0.2, -0.15) is 0 Å². The van der Waals surface area contributed by atoms with Crippen LogP contribution in [0, 0.1) is 5.92 Å². The van der Waals surface area contributed by atoms with Crippen LogP contribution in [-0.2, 0) is 5.60 Å². The van der Waals surface area contributed by atoms with Gasteiger partial charge >= 0.3 is 0 Å². The predicted octanol–water partition coefficient (Wildman–Crippen LogP) is 4.55. The van der Waals surface area contributed by atoms with E-state index < -0.39 is 5.60 Å². The number of methoxy groups -OCH3 is 1. The molecular weight excluding hydrogens is 384 g/mol. The van der Waals surface area contributed by atoms with Crippen LogP contribution in [-0.4, -0.2) is 49.8 Å². The van der Waals surface area contributed by atoms with Crippen molar-refractivity contribution < 1.29 is 9.84 Å². The molecule has 0 bridgehead atoms. The van der Waals surface area contributed by atoms with Crippen LogP contribution in [0.15, 0.2) is 48.5 Å². The molecule has 2 unspecified atom stereocenters. The standard InChI is InChI=1S/C24H31ClN2O2/c1-29-23-12-5-2-9-20(23)24(28)13-7-6-8-19(24)18-26-14-16-27(17-15-26)22-11-4-3-10-21(22)25/h2-5,9-12,19,28H,6-8,13-18H2,1H3. The maximum Gasteiger partial charge on any atom is 0.124 e. The Morgan fingerprint density at radius 2 is 1.76 bits per heavy atom. The molecule has 4 rings (SSSR count). The first-order valence-electron chi connectivity index (χ1n) is 10.7. The fourth-order valence-electron chi connectivity index (χ4n) is 5.02. The van der Waals surface area contributed by atoms with Crippen molar-refractivity contribution in [3.05, 3.63) is 59.1 Å². The first-order valence-corrected chi connectivity index (χ1v) is 11.1. The van der Waals surface area contributed by atoms with Crippen LogP contribution in [0.2, 0.25) is 5.02 Å². The molecule has 2 aliphatic rings. The molecule has 0 spiro atoms. The quantitative estimate of drug-likeness (QED) is 0.778. The molecule has 0 amide bonds. The normalized spacial score (nSPS) is 25.8. The average molecular weight is 415 g/mol. The molecule has 1 heterocycles. The number of para-hydroxylation sites is 2. The summed E-state index contributed by atoms with van der Waals surface area (Å²) in [5.74, 6) is 1.02. The third-order valence-corrected chi connectivity index (χ3v) is 6.97. The van der Waals surface area contributed by atoms with Crippen LogP contribution in [0.1, 0.15) is 31.2 Å². The zero-order chi connectivity index (χ0) is 20.3. The Labute approximate surface area is 179 Å². The fraction of sp³-hybridized carbons (Fsp3) is 0.500. The number of hydrogen-bond acceptors (Lipinski definition) is 4. The molecule has 1 N–H and O–H groups in total. The molecule has 156 valence electrons. The summed E-state index contributed by atoms with van der Waals surface area (Å²) >= 11 is 6.38. The number of hydrogen-bond donors (Lipinski definition) is 1. The zero-order valence-corrected chi connectivity index (χ0v) is 17.9. The second-order valence-corrected chi connectivity index (χ2v) is 8.71. The highest BCUT2D eigenvalue weighted by molar-refractivity contribution is 6.33. The summed E-state index contributed by atoms with van der Waals surface area (Å²) in [6, 6.07) is 16.0. The lowest BCUT2D eigenvalue weighted by molar-refractivity contribution is -0.0673. The average Bonchev–Trinajstić information content (AvgIpc) is 2.76. The van der Waals surface area contributed by atoms with E-state index in [9.17, 15) is 5.11 Å². The van der Waals surface area contributed by atoms with Crippen molar-refractivity contribution in [3.63, 3.8) is 0 Å². The number of aliphatic hydroxyl groups is 1. The summed E-state index contributed by atoms with van der Waals surface area (Å²) in [6.45, 7) is 4.82. The molecule has 0 aromatic heterocycles. The smallest absolute Gasteiger partial charge is 0.124 e. The predicted molar refractivity (Wildman–Crippen MR) is 119 cm³/mol. The topological polar surface area (TPSA) is 35.9 Å². The van der Waals surface area contributed by atoms with Gasteiger partial charge in [0.05, 0.1) is 23.4 Å². The van der Waals surface area contributed by atoms with Gasteiger partial charge in [0.2, 0.25) is 0 Å². The maximum absolute atomic E-state index is 11.8. The minimum absolute atomic E-state index is 0.222. The lowest BCUT2D eigenvalue weighted by Crippen LogP contribution is -2.51. The molecule has 1 aliphatic carbocycles. The van der Waals surface area contributed by atoms with Crippen molar-refractivity contribution >= 4 is 17.3 Å². The Morgan fingerprint density at radius 3 is 2.52 bits per heavy atom. The molecule has 5 heteroatoms. The molecule has 2 aromatic carbocycles. The zero-order valence-electron chi connectivity index (χ0n) is 17.2. The van der Waals surface area contributed by atoms with Crippen LogP contribution >= 0.6 is 11.6 Å². The Kier molecular flexibility index (Phi) is 6.33. The van der Waals surface area contributed by atoms with Crippen LogP contribution in [0.4, 0.5) is 5.69 Å². The van der Waals surface area contributed by atoms with Crippen LogP contribution < -0.4 is 9.64 Å². The summed E-state index contributed by atoms with van der Waals surface area (Å²) in [6.07, 6.45) is 4.10. The number of anilines is 1. The van der Waals surface area contributed by atoms with Crippen molar-refractivity contribution in [2.24, 2.45) is 5.92 Å². The number of benzene rings is 2. The van der Waals surface area contributed by atoms with Gasteiger partial charge in [-0.15, -0.1) is 0 Å². The van der Waals surface area contributed by atoms with Gasteiger partial charge < -0.3 is 14.7 Å². The molecule has 2 aromatic rings. The van der Waals surface area contributed by atoms with Gasteiger partial charge in [0.25, 0.3) is 0 Å². The first-order chi connectivity index (χ1) is 14.1. The largest absolute Gasteiger partial charge is 0.496 e. The fourth-order valence-corrected chi connectivity index (χ4v) is 5.27. The summed E-state index contributed by atoms with van der Waals surface area (Å²) in [5, 5.41) is 12.6. The van der Waals surface area contributed by atoms with Gasteiger partial charge in [-0.3, -0.25) is 4.90 Å². The highest BCUT2D eigenvalue weighted by Gasteiger charge is 2.43. The number of piperazine rings is 1. The second-order valence-electron chi connectivity index (χ2n) is 8.31. The highest BCUT2D eigenvalue weighted by atomic mass is 35.5. The van der Waals surface area contributed by atoms with E-state index in [0.29, 0.717) is 0 Å². The molecule has 1 aliphatic heterocycles. The molecule has 4 nitrogen and oxygen atoms in total. The third-order valence-electron chi connectivity index (χ3n) is 6.65. The number of ether oxygens (including phenoxy) is 1. The van der Waals surface area contributed by atoms with Gasteiger partial charge in [0.1, 0.15) is 5.75 Å². The SMILES string of the molecule is COc1ccccc1C1(O)CCCCC1CN1CCN(c2ccccc2Cl)CC1. The Hall–Kier alpha value is -1.75. The van der Waals surface area contributed by atoms with E-state index >= 15 is 0 Å². The van der Waals surface area contributed by atoms with Gasteiger partial charge in [0, 0.05) is 44.2 Å². The van der Waals surface area contributed by atoms with E-state index in [0.717, 1.165) is 74.0 Å². The van der Waals surface area contributed by atoms with Crippen molar-refractivity contribution in [2.45, 2.75) is 31.3 Å². The molecule has 29 heavy (non-hydrogen) atoms. The van der Waals surface area contributed by atoms with Crippen LogP contribution in [0.25, 0.3) is 0 Å². The molecule has 0 radical (unpaired) electrons. The van der Waals surface area contributed by atoms with E-state index in [4.69, 9.17) is 16.3 Å².